The van der Waals surface area contributed by atoms with Gasteiger partial charge in [0.05, 0.1) is 30.5 Å². The van der Waals surface area contributed by atoms with Gasteiger partial charge in [0, 0.05) is 19.3 Å². The second kappa shape index (κ2) is 7.62. The van der Waals surface area contributed by atoms with E-state index in [1.54, 1.807) is 0 Å². The minimum absolute atomic E-state index is 0.0463. The van der Waals surface area contributed by atoms with E-state index in [4.69, 9.17) is 5.73 Å². The SMILES string of the molecule is N#CCC1(n2cc(C(N)=O)c(NC(=O)C3C[C@H]3F)n2)CCN(CC(F)(F)F)CC1. The molecule has 1 aromatic heterocycles. The number of anilines is 1. The monoisotopic (exact) mass is 416 g/mol. The number of amides is 2. The molecular formula is C17H20F4N6O2. The third-order valence-electron chi connectivity index (χ3n) is 5.35. The third-order valence-corrected chi connectivity index (χ3v) is 5.35. The van der Waals surface area contributed by atoms with Gasteiger partial charge in [0.1, 0.15) is 11.7 Å². The molecule has 2 amide bonds. The van der Waals surface area contributed by atoms with Gasteiger partial charge < -0.3 is 11.1 Å². The zero-order valence-corrected chi connectivity index (χ0v) is 15.4. The van der Waals surface area contributed by atoms with Crippen LogP contribution in [0.1, 0.15) is 36.0 Å². The maximum Gasteiger partial charge on any atom is 0.401 e. The number of hydrogen-bond acceptors (Lipinski definition) is 5. The normalized spacial score (nSPS) is 24.0. The van der Waals surface area contributed by atoms with E-state index < -0.39 is 42.2 Å². The van der Waals surface area contributed by atoms with Crippen molar-refractivity contribution in [1.29, 1.82) is 5.26 Å². The maximum atomic E-state index is 13.1. The van der Waals surface area contributed by atoms with Crippen molar-refractivity contribution in [2.45, 2.75) is 43.6 Å². The first-order valence-electron chi connectivity index (χ1n) is 9.05. The lowest BCUT2D eigenvalue weighted by atomic mass is 9.85. The average molecular weight is 416 g/mol. The van der Waals surface area contributed by atoms with Crippen molar-refractivity contribution >= 4 is 17.6 Å². The highest BCUT2D eigenvalue weighted by Gasteiger charge is 2.45. The molecule has 2 atom stereocenters. The number of likely N-dealkylation sites (tertiary alicyclic amines) is 1. The summed E-state index contributed by atoms with van der Waals surface area (Å²) in [6.07, 6.45) is -3.85. The van der Waals surface area contributed by atoms with Crippen molar-refractivity contribution in [3.63, 3.8) is 0 Å². The highest BCUT2D eigenvalue weighted by atomic mass is 19.4. The molecular weight excluding hydrogens is 396 g/mol. The number of aromatic nitrogens is 2. The largest absolute Gasteiger partial charge is 0.401 e. The Kier molecular flexibility index (Phi) is 5.53. The number of nitrogens with zero attached hydrogens (tertiary/aromatic N) is 4. The number of alkyl halides is 4. The highest BCUT2D eigenvalue weighted by Crippen LogP contribution is 2.37. The van der Waals surface area contributed by atoms with Crippen LogP contribution in [0.3, 0.4) is 0 Å². The molecule has 2 aliphatic rings. The van der Waals surface area contributed by atoms with Crippen molar-refractivity contribution < 1.29 is 27.2 Å². The fourth-order valence-corrected chi connectivity index (χ4v) is 3.55. The van der Waals surface area contributed by atoms with Crippen LogP contribution in [0.5, 0.6) is 0 Å². The number of nitriles is 1. The van der Waals surface area contributed by atoms with E-state index in [1.165, 1.54) is 15.8 Å². The Hall–Kier alpha value is -2.68. The maximum absolute atomic E-state index is 13.1. The van der Waals surface area contributed by atoms with Gasteiger partial charge in [0.25, 0.3) is 5.91 Å². The van der Waals surface area contributed by atoms with Gasteiger partial charge in [-0.1, -0.05) is 0 Å². The van der Waals surface area contributed by atoms with Gasteiger partial charge in [-0.25, -0.2) is 4.39 Å². The van der Waals surface area contributed by atoms with Crippen LogP contribution in [0.2, 0.25) is 0 Å². The average Bonchev–Trinajstić information content (AvgIpc) is 3.19. The van der Waals surface area contributed by atoms with E-state index >= 15 is 0 Å². The van der Waals surface area contributed by atoms with Crippen LogP contribution < -0.4 is 11.1 Å². The number of primary amides is 1. The Bertz CT molecular complexity index is 838. The lowest BCUT2D eigenvalue weighted by Crippen LogP contribution is -2.48. The van der Waals surface area contributed by atoms with E-state index in [0.29, 0.717) is 0 Å². The van der Waals surface area contributed by atoms with Crippen LogP contribution in [0.25, 0.3) is 0 Å². The molecule has 12 heteroatoms. The predicted molar refractivity (Wildman–Crippen MR) is 92.3 cm³/mol. The molecule has 3 N–H and O–H groups in total. The zero-order chi connectivity index (χ0) is 21.4. The Labute approximate surface area is 163 Å². The first-order valence-corrected chi connectivity index (χ1v) is 9.05. The van der Waals surface area contributed by atoms with Gasteiger partial charge in [-0.3, -0.25) is 19.2 Å². The highest BCUT2D eigenvalue weighted by molar-refractivity contribution is 6.03. The van der Waals surface area contributed by atoms with Crippen LogP contribution in [0, 0.1) is 17.2 Å². The predicted octanol–water partition coefficient (Wildman–Crippen LogP) is 1.55. The second-order valence-corrected chi connectivity index (χ2v) is 7.50. The minimum Gasteiger partial charge on any atom is -0.365 e. The van der Waals surface area contributed by atoms with Gasteiger partial charge in [0.2, 0.25) is 5.91 Å². The molecule has 8 nitrogen and oxygen atoms in total. The number of halogens is 4. The van der Waals surface area contributed by atoms with Crippen LogP contribution in [-0.4, -0.2) is 58.5 Å². The fourth-order valence-electron chi connectivity index (χ4n) is 3.55. The smallest absolute Gasteiger partial charge is 0.365 e. The summed E-state index contributed by atoms with van der Waals surface area (Å²) in [6.45, 7) is -0.880. The number of nitrogens with two attached hydrogens (primary N) is 1. The Morgan fingerprint density at radius 2 is 2.00 bits per heavy atom. The van der Waals surface area contributed by atoms with E-state index in [1.807, 2.05) is 6.07 Å². The van der Waals surface area contributed by atoms with Crippen molar-refractivity contribution in [2.75, 3.05) is 25.0 Å². The van der Waals surface area contributed by atoms with E-state index in [2.05, 4.69) is 10.4 Å². The summed E-state index contributed by atoms with van der Waals surface area (Å²) in [7, 11) is 0. The molecule has 1 aromatic rings. The number of nitrogens with one attached hydrogen (secondary N) is 1. The molecule has 2 heterocycles. The molecule has 1 saturated carbocycles. The summed E-state index contributed by atoms with van der Waals surface area (Å²) >= 11 is 0. The molecule has 1 aliphatic carbocycles. The molecule has 1 saturated heterocycles. The lowest BCUT2D eigenvalue weighted by Gasteiger charge is -2.40. The van der Waals surface area contributed by atoms with E-state index in [9.17, 15) is 32.4 Å². The molecule has 1 aliphatic heterocycles. The van der Waals surface area contributed by atoms with E-state index in [-0.39, 0.29) is 50.2 Å². The zero-order valence-electron chi connectivity index (χ0n) is 15.4. The van der Waals surface area contributed by atoms with Crippen molar-refractivity contribution in [3.05, 3.63) is 11.8 Å². The van der Waals surface area contributed by atoms with E-state index in [0.717, 1.165) is 0 Å². The van der Waals surface area contributed by atoms with Gasteiger partial charge in [-0.05, 0) is 19.3 Å². The number of piperidine rings is 1. The number of carbonyl (C=O) groups excluding carboxylic acids is 2. The summed E-state index contributed by atoms with van der Waals surface area (Å²) in [5.74, 6) is -2.45. The summed E-state index contributed by atoms with van der Waals surface area (Å²) in [5.41, 5.74) is 4.30. The molecule has 2 fully saturated rings. The Morgan fingerprint density at radius 1 is 1.38 bits per heavy atom. The molecule has 0 spiro atoms. The van der Waals surface area contributed by atoms with Gasteiger partial charge in [-0.2, -0.15) is 23.5 Å². The second-order valence-electron chi connectivity index (χ2n) is 7.50. The topological polar surface area (TPSA) is 117 Å². The molecule has 29 heavy (non-hydrogen) atoms. The van der Waals surface area contributed by atoms with Crippen LogP contribution in [0.15, 0.2) is 6.20 Å². The standard InChI is InChI=1S/C17H20F4N6O2/c18-12-7-10(12)15(29)24-14-11(13(23)28)8-27(25-14)16(1-4-22)2-5-26(6-3-16)9-17(19,20)21/h8,10,12H,1-3,5-7,9H2,(H2,23,28)(H,24,25,29)/t10?,12-/m1/s1. The summed E-state index contributed by atoms with van der Waals surface area (Å²) in [5, 5.41) is 15.8. The lowest BCUT2D eigenvalue weighted by molar-refractivity contribution is -0.150. The van der Waals surface area contributed by atoms with Gasteiger partial charge in [-0.15, -0.1) is 0 Å². The van der Waals surface area contributed by atoms with Crippen LogP contribution >= 0.6 is 0 Å². The molecule has 158 valence electrons. The van der Waals surface area contributed by atoms with Crippen molar-refractivity contribution in [3.8, 4) is 6.07 Å². The van der Waals surface area contributed by atoms with Crippen LogP contribution in [-0.2, 0) is 10.3 Å². The Morgan fingerprint density at radius 3 is 2.48 bits per heavy atom. The summed E-state index contributed by atoms with van der Waals surface area (Å²) < 4.78 is 52.3. The molecule has 0 bridgehead atoms. The molecule has 3 rings (SSSR count). The summed E-state index contributed by atoms with van der Waals surface area (Å²) in [6, 6.07) is 2.02. The molecule has 1 unspecified atom stereocenters. The number of carbonyl (C=O) groups is 2. The number of hydrogen-bond donors (Lipinski definition) is 2. The first-order chi connectivity index (χ1) is 13.5. The first kappa shape index (κ1) is 21.0. The quantitative estimate of drug-likeness (QED) is 0.683. The molecule has 0 aromatic carbocycles. The minimum atomic E-state index is -4.32. The van der Waals surface area contributed by atoms with Crippen LogP contribution in [0.4, 0.5) is 23.4 Å². The van der Waals surface area contributed by atoms with Gasteiger partial charge in [0.15, 0.2) is 5.82 Å². The Balaban J connectivity index is 1.82. The van der Waals surface area contributed by atoms with Crippen molar-refractivity contribution in [2.24, 2.45) is 11.7 Å². The van der Waals surface area contributed by atoms with Gasteiger partial charge >= 0.3 is 6.18 Å². The molecule has 0 radical (unpaired) electrons. The third kappa shape index (κ3) is 4.67. The van der Waals surface area contributed by atoms with Crippen molar-refractivity contribution in [1.82, 2.24) is 14.7 Å². The fraction of sp³-hybridized carbons (Fsp3) is 0.647. The number of rotatable bonds is 6. The summed E-state index contributed by atoms with van der Waals surface area (Å²) in [4.78, 5) is 25.0.